The van der Waals surface area contributed by atoms with Gasteiger partial charge in [-0.25, -0.2) is 4.79 Å². The van der Waals surface area contributed by atoms with Gasteiger partial charge in [0.25, 0.3) is 5.89 Å². The molecule has 0 unspecified atom stereocenters. The maximum absolute atomic E-state index is 12.2. The molecule has 0 aliphatic carbocycles. The summed E-state index contributed by atoms with van der Waals surface area (Å²) in [5.74, 6) is -0.582. The highest BCUT2D eigenvalue weighted by molar-refractivity contribution is 6.30. The predicted octanol–water partition coefficient (Wildman–Crippen LogP) is 4.16. The number of fused-ring (bicyclic) bond motifs is 1. The zero-order chi connectivity index (χ0) is 19.7. The molecule has 0 atom stereocenters. The van der Waals surface area contributed by atoms with Crippen LogP contribution in [0.2, 0.25) is 5.02 Å². The van der Waals surface area contributed by atoms with Crippen molar-refractivity contribution in [2.75, 3.05) is 0 Å². The fourth-order valence-electron chi connectivity index (χ4n) is 2.63. The summed E-state index contributed by atoms with van der Waals surface area (Å²) in [5.41, 5.74) is 1.58. The van der Waals surface area contributed by atoms with Crippen LogP contribution in [0.25, 0.3) is 22.4 Å². The Bertz CT molecular complexity index is 1240. The van der Waals surface area contributed by atoms with Gasteiger partial charge >= 0.3 is 5.97 Å². The Morgan fingerprint density at radius 3 is 2.86 bits per heavy atom. The second-order valence-corrected chi connectivity index (χ2v) is 6.51. The highest BCUT2D eigenvalue weighted by atomic mass is 35.5. The number of hydrogen-bond donors (Lipinski definition) is 0. The summed E-state index contributed by atoms with van der Waals surface area (Å²) >= 11 is 5.94. The van der Waals surface area contributed by atoms with Crippen molar-refractivity contribution in [1.82, 2.24) is 10.1 Å². The maximum atomic E-state index is 12.2. The lowest BCUT2D eigenvalue weighted by atomic mass is 10.1. The number of rotatable bonds is 4. The van der Waals surface area contributed by atoms with Crippen molar-refractivity contribution in [2.24, 2.45) is 0 Å². The smallest absolute Gasteiger partial charge is 0.374 e. The minimum atomic E-state index is -0.804. The van der Waals surface area contributed by atoms with Crippen LogP contribution in [0.4, 0.5) is 0 Å². The van der Waals surface area contributed by atoms with Crippen molar-refractivity contribution in [3.8, 4) is 11.4 Å². The fraction of sp³-hybridized carbons (Fsp3) is 0.100. The summed E-state index contributed by atoms with van der Waals surface area (Å²) < 4.78 is 15.7. The number of benzene rings is 2. The molecule has 0 saturated carbocycles. The molecule has 0 spiro atoms. The van der Waals surface area contributed by atoms with E-state index in [1.165, 1.54) is 0 Å². The molecule has 4 rings (SSSR count). The molecule has 0 saturated heterocycles. The van der Waals surface area contributed by atoms with Crippen LogP contribution in [-0.4, -0.2) is 16.1 Å². The first kappa shape index (κ1) is 17.9. The summed E-state index contributed by atoms with van der Waals surface area (Å²) in [4.78, 5) is 28.6. The van der Waals surface area contributed by atoms with Gasteiger partial charge in [-0.2, -0.15) is 4.98 Å². The van der Waals surface area contributed by atoms with Gasteiger partial charge in [-0.1, -0.05) is 40.5 Å². The van der Waals surface area contributed by atoms with Crippen LogP contribution >= 0.6 is 11.6 Å². The lowest BCUT2D eigenvalue weighted by Gasteiger charge is -2.03. The summed E-state index contributed by atoms with van der Waals surface area (Å²) in [6, 6.07) is 13.2. The Balaban J connectivity index is 1.50. The Labute approximate surface area is 163 Å². The number of hydrogen-bond acceptors (Lipinski definition) is 7. The van der Waals surface area contributed by atoms with Gasteiger partial charge in [-0.05, 0) is 31.2 Å². The van der Waals surface area contributed by atoms with E-state index in [1.54, 1.807) is 42.5 Å². The Morgan fingerprint density at radius 2 is 2.04 bits per heavy atom. The van der Waals surface area contributed by atoms with E-state index in [0.29, 0.717) is 27.4 Å². The molecule has 2 aromatic carbocycles. The minimum absolute atomic E-state index is 0.0992. The summed E-state index contributed by atoms with van der Waals surface area (Å²) in [6.07, 6.45) is 0. The van der Waals surface area contributed by atoms with E-state index in [4.69, 9.17) is 25.3 Å². The molecule has 2 aromatic heterocycles. The second kappa shape index (κ2) is 7.28. The van der Waals surface area contributed by atoms with E-state index in [2.05, 4.69) is 10.1 Å². The second-order valence-electron chi connectivity index (χ2n) is 6.07. The number of ether oxygens (including phenoxy) is 1. The van der Waals surface area contributed by atoms with Crippen molar-refractivity contribution in [1.29, 1.82) is 0 Å². The molecule has 8 heteroatoms. The van der Waals surface area contributed by atoms with Gasteiger partial charge in [-0.15, -0.1) is 0 Å². The monoisotopic (exact) mass is 396 g/mol. The topological polar surface area (TPSA) is 95.4 Å². The third kappa shape index (κ3) is 3.65. The largest absolute Gasteiger partial charge is 0.450 e. The van der Waals surface area contributed by atoms with Crippen LogP contribution in [0.1, 0.15) is 22.0 Å². The summed E-state index contributed by atoms with van der Waals surface area (Å²) in [6.45, 7) is 1.60. The third-order valence-corrected chi connectivity index (χ3v) is 4.20. The van der Waals surface area contributed by atoms with Crippen LogP contribution in [0.15, 0.2) is 62.3 Å². The Hall–Kier alpha value is -3.45. The first-order chi connectivity index (χ1) is 13.5. The van der Waals surface area contributed by atoms with Crippen molar-refractivity contribution in [3.63, 3.8) is 0 Å². The fourth-order valence-corrected chi connectivity index (χ4v) is 2.82. The molecule has 7 nitrogen and oxygen atoms in total. The number of halogens is 1. The highest BCUT2D eigenvalue weighted by Crippen LogP contribution is 2.20. The van der Waals surface area contributed by atoms with Crippen molar-refractivity contribution < 1.29 is 18.5 Å². The molecule has 0 N–H and O–H groups in total. The number of carbonyl (C=O) groups excluding carboxylic acids is 1. The van der Waals surface area contributed by atoms with E-state index >= 15 is 0 Å². The summed E-state index contributed by atoms with van der Waals surface area (Å²) in [5, 5.41) is 4.77. The maximum Gasteiger partial charge on any atom is 0.374 e. The average molecular weight is 397 g/mol. The van der Waals surface area contributed by atoms with Gasteiger partial charge in [0.15, 0.2) is 12.0 Å². The quantitative estimate of drug-likeness (QED) is 0.478. The van der Waals surface area contributed by atoms with Crippen LogP contribution in [0.5, 0.6) is 0 Å². The molecule has 140 valence electrons. The van der Waals surface area contributed by atoms with Gasteiger partial charge in [0.1, 0.15) is 5.58 Å². The normalized spacial score (nSPS) is 10.9. The number of nitrogens with zero attached hydrogens (tertiary/aromatic N) is 2. The van der Waals surface area contributed by atoms with Crippen LogP contribution in [0, 0.1) is 6.92 Å². The van der Waals surface area contributed by atoms with Gasteiger partial charge in [0.2, 0.25) is 11.6 Å². The van der Waals surface area contributed by atoms with Crippen LogP contribution in [-0.2, 0) is 11.3 Å². The number of aromatic nitrogens is 2. The van der Waals surface area contributed by atoms with Gasteiger partial charge in [0.05, 0.1) is 5.39 Å². The number of esters is 1. The Kier molecular flexibility index (Phi) is 4.67. The van der Waals surface area contributed by atoms with Gasteiger partial charge in [0, 0.05) is 16.7 Å². The zero-order valence-electron chi connectivity index (χ0n) is 14.6. The molecular formula is C20H13ClN2O5. The first-order valence-electron chi connectivity index (χ1n) is 8.30. The lowest BCUT2D eigenvalue weighted by Crippen LogP contribution is -2.10. The van der Waals surface area contributed by atoms with Crippen LogP contribution in [0.3, 0.4) is 0 Å². The number of aryl methyl sites for hydroxylation is 1. The van der Waals surface area contributed by atoms with E-state index in [9.17, 15) is 9.59 Å². The SMILES string of the molecule is Cc1ccc2oc(C(=O)OCc3nc(-c4cccc(Cl)c4)no3)cc(=O)c2c1. The molecule has 28 heavy (non-hydrogen) atoms. The Morgan fingerprint density at radius 1 is 1.18 bits per heavy atom. The van der Waals surface area contributed by atoms with Crippen molar-refractivity contribution in [2.45, 2.75) is 13.5 Å². The first-order valence-corrected chi connectivity index (χ1v) is 8.67. The van der Waals surface area contributed by atoms with Crippen LogP contribution < -0.4 is 5.43 Å². The zero-order valence-corrected chi connectivity index (χ0v) is 15.4. The predicted molar refractivity (Wildman–Crippen MR) is 101 cm³/mol. The van der Waals surface area contributed by atoms with E-state index < -0.39 is 5.97 Å². The molecule has 2 heterocycles. The average Bonchev–Trinajstić information content (AvgIpc) is 3.15. The van der Waals surface area contributed by atoms with Gasteiger partial charge < -0.3 is 13.7 Å². The van der Waals surface area contributed by atoms with E-state index in [1.807, 2.05) is 6.92 Å². The lowest BCUT2D eigenvalue weighted by molar-refractivity contribution is 0.0394. The minimum Gasteiger partial charge on any atom is -0.450 e. The molecule has 0 aliphatic rings. The highest BCUT2D eigenvalue weighted by Gasteiger charge is 2.16. The molecule has 0 fully saturated rings. The molecule has 0 amide bonds. The third-order valence-electron chi connectivity index (χ3n) is 3.96. The molecule has 4 aromatic rings. The van der Waals surface area contributed by atoms with Crippen molar-refractivity contribution >= 4 is 28.5 Å². The molecule has 0 aliphatic heterocycles. The number of carbonyl (C=O) groups is 1. The van der Waals surface area contributed by atoms with E-state index in [-0.39, 0.29) is 23.7 Å². The van der Waals surface area contributed by atoms with Gasteiger partial charge in [-0.3, -0.25) is 4.79 Å². The molecule has 0 bridgehead atoms. The molecule has 0 radical (unpaired) electrons. The standard InChI is InChI=1S/C20H13ClN2O5/c1-11-5-6-16-14(7-11)15(24)9-17(27-16)20(25)26-10-18-22-19(23-28-18)12-3-2-4-13(21)8-12/h2-9H,10H2,1H3. The summed E-state index contributed by atoms with van der Waals surface area (Å²) in [7, 11) is 0. The van der Waals surface area contributed by atoms with Crippen molar-refractivity contribution in [3.05, 3.63) is 81.0 Å². The molecular weight excluding hydrogens is 384 g/mol. The van der Waals surface area contributed by atoms with E-state index in [0.717, 1.165) is 11.6 Å².